The molecule has 1 aromatic heterocycles. The third kappa shape index (κ3) is 2.14. The highest BCUT2D eigenvalue weighted by Crippen LogP contribution is 2.43. The molecule has 6 heteroatoms. The van der Waals surface area contributed by atoms with Crippen LogP contribution in [0.2, 0.25) is 18.1 Å². The number of carbonyl (C=O) groups excluding carboxylic acids is 2. The maximum absolute atomic E-state index is 12.4. The average molecular weight is 279 g/mol. The van der Waals surface area contributed by atoms with E-state index >= 15 is 0 Å². The summed E-state index contributed by atoms with van der Waals surface area (Å²) in [5, 5.41) is 0.0382. The summed E-state index contributed by atoms with van der Waals surface area (Å²) in [6.07, 6.45) is 5.03. The van der Waals surface area contributed by atoms with Crippen LogP contribution in [-0.4, -0.2) is 40.2 Å². The fourth-order valence-electron chi connectivity index (χ4n) is 2.24. The highest BCUT2D eigenvalue weighted by Gasteiger charge is 2.54. The minimum atomic E-state index is -1.99. The minimum Gasteiger partial charge on any atom is -0.357 e. The second-order valence-electron chi connectivity index (χ2n) is 6.60. The molecule has 1 aliphatic rings. The van der Waals surface area contributed by atoms with E-state index in [2.05, 4.69) is 38.8 Å². The Balaban J connectivity index is 2.26. The molecule has 0 aliphatic carbocycles. The van der Waals surface area contributed by atoms with Crippen LogP contribution in [0, 0.1) is 0 Å². The first-order chi connectivity index (χ1) is 8.66. The number of carbonyl (C=O) groups is 2. The molecular weight excluding hydrogens is 258 g/mol. The molecule has 1 amide bonds. The fourth-order valence-corrected chi connectivity index (χ4v) is 4.66. The lowest BCUT2D eigenvalue weighted by atomic mass is 10.1. The largest absolute Gasteiger partial charge is 0.357 e. The molecule has 0 spiro atoms. The Labute approximate surface area is 114 Å². The third-order valence-corrected chi connectivity index (χ3v) is 9.87. The molecule has 0 aromatic carbocycles. The van der Waals surface area contributed by atoms with Crippen molar-refractivity contribution in [1.29, 1.82) is 0 Å². The molecule has 5 nitrogen and oxygen atoms in total. The lowest BCUT2D eigenvalue weighted by Crippen LogP contribution is -2.70. The fraction of sp³-hybridized carbons (Fsp3) is 0.615. The van der Waals surface area contributed by atoms with E-state index in [1.54, 1.807) is 12.4 Å². The molecule has 2 heterocycles. The number of nitrogens with zero attached hydrogens (tertiary/aromatic N) is 3. The number of β-lactam (4-membered cyclic amide) rings is 1. The monoisotopic (exact) mass is 279 g/mol. The summed E-state index contributed by atoms with van der Waals surface area (Å²) in [6.45, 7) is 10.7. The highest BCUT2D eigenvalue weighted by atomic mass is 28.3. The van der Waals surface area contributed by atoms with Crippen molar-refractivity contribution in [2.24, 2.45) is 0 Å². The van der Waals surface area contributed by atoms with Crippen LogP contribution in [-0.2, 0) is 4.79 Å². The zero-order valence-electron chi connectivity index (χ0n) is 12.2. The quantitative estimate of drug-likeness (QED) is 0.615. The molecule has 1 saturated heterocycles. The summed E-state index contributed by atoms with van der Waals surface area (Å²) < 4.78 is 3.33. The van der Waals surface area contributed by atoms with Crippen molar-refractivity contribution >= 4 is 20.0 Å². The van der Waals surface area contributed by atoms with Crippen LogP contribution < -0.4 is 0 Å². The Morgan fingerprint density at radius 2 is 2.05 bits per heavy atom. The smallest absolute Gasteiger partial charge is 0.254 e. The summed E-state index contributed by atoms with van der Waals surface area (Å²) >= 11 is 0. The zero-order chi connectivity index (χ0) is 14.4. The molecule has 0 saturated carbocycles. The molecule has 1 aliphatic heterocycles. The van der Waals surface area contributed by atoms with E-state index in [1.807, 2.05) is 4.57 Å². The normalized spacial score (nSPS) is 20.4. The lowest BCUT2D eigenvalue weighted by Gasteiger charge is -2.54. The van der Waals surface area contributed by atoms with Gasteiger partial charge in [-0.1, -0.05) is 33.9 Å². The minimum absolute atomic E-state index is 0.0382. The van der Waals surface area contributed by atoms with Crippen LogP contribution in [0.25, 0.3) is 0 Å². The number of hydrogen-bond donors (Lipinski definition) is 0. The van der Waals surface area contributed by atoms with E-state index < -0.39 is 8.24 Å². The number of amides is 1. The molecule has 0 N–H and O–H groups in total. The van der Waals surface area contributed by atoms with E-state index in [9.17, 15) is 9.59 Å². The standard InChI is InChI=1S/C13H21N3O2Si/c1-13(2,3)19(4,5)16-10(8-11(16)17)12(18)15-7-6-14-9-15/h6-7,9-10H,8H2,1-5H3/t10-/m0/s1. The van der Waals surface area contributed by atoms with Gasteiger partial charge in [0.25, 0.3) is 5.91 Å². The van der Waals surface area contributed by atoms with Gasteiger partial charge in [0.15, 0.2) is 8.24 Å². The van der Waals surface area contributed by atoms with Gasteiger partial charge in [-0.25, -0.2) is 4.98 Å². The van der Waals surface area contributed by atoms with Crippen molar-refractivity contribution in [2.45, 2.75) is 51.4 Å². The van der Waals surface area contributed by atoms with Crippen molar-refractivity contribution in [1.82, 2.24) is 14.1 Å². The van der Waals surface area contributed by atoms with Gasteiger partial charge in [-0.05, 0) is 5.04 Å². The van der Waals surface area contributed by atoms with Gasteiger partial charge in [-0.15, -0.1) is 0 Å². The Morgan fingerprint density at radius 1 is 1.42 bits per heavy atom. The van der Waals surface area contributed by atoms with Gasteiger partial charge >= 0.3 is 0 Å². The van der Waals surface area contributed by atoms with Gasteiger partial charge in [0.2, 0.25) is 5.91 Å². The van der Waals surface area contributed by atoms with Crippen LogP contribution in [0.3, 0.4) is 0 Å². The summed E-state index contributed by atoms with van der Waals surface area (Å²) in [5.41, 5.74) is 0. The first kappa shape index (κ1) is 14.0. The molecule has 0 bridgehead atoms. The highest BCUT2D eigenvalue weighted by molar-refractivity contribution is 6.80. The average Bonchev–Trinajstić information content (AvgIpc) is 2.75. The SMILES string of the molecule is CC(C)(C)[Si](C)(C)N1C(=O)C[C@H]1C(=O)n1ccnc1. The van der Waals surface area contributed by atoms with Gasteiger partial charge in [-0.2, -0.15) is 0 Å². The third-order valence-electron chi connectivity index (χ3n) is 4.43. The summed E-state index contributed by atoms with van der Waals surface area (Å²) in [6, 6.07) is -0.317. The first-order valence-corrected chi connectivity index (χ1v) is 9.45. The van der Waals surface area contributed by atoms with Gasteiger partial charge in [0, 0.05) is 12.4 Å². The van der Waals surface area contributed by atoms with Crippen molar-refractivity contribution < 1.29 is 9.59 Å². The zero-order valence-corrected chi connectivity index (χ0v) is 13.2. The molecule has 2 rings (SSSR count). The van der Waals surface area contributed by atoms with E-state index in [4.69, 9.17) is 0 Å². The molecule has 0 unspecified atom stereocenters. The molecular formula is C13H21N3O2Si. The van der Waals surface area contributed by atoms with Crippen LogP contribution in [0.5, 0.6) is 0 Å². The Morgan fingerprint density at radius 3 is 2.47 bits per heavy atom. The van der Waals surface area contributed by atoms with Gasteiger partial charge in [0.05, 0.1) is 6.42 Å². The van der Waals surface area contributed by atoms with Crippen LogP contribution >= 0.6 is 0 Å². The molecule has 1 atom stereocenters. The molecule has 19 heavy (non-hydrogen) atoms. The summed E-state index contributed by atoms with van der Waals surface area (Å²) in [5.74, 6) is 0.0481. The van der Waals surface area contributed by atoms with Crippen LogP contribution in [0.4, 0.5) is 0 Å². The van der Waals surface area contributed by atoms with Crippen LogP contribution in [0.1, 0.15) is 32.0 Å². The van der Waals surface area contributed by atoms with Crippen molar-refractivity contribution in [2.75, 3.05) is 0 Å². The predicted molar refractivity (Wildman–Crippen MR) is 75.3 cm³/mol. The van der Waals surface area contributed by atoms with E-state index in [1.165, 1.54) is 10.9 Å². The predicted octanol–water partition coefficient (Wildman–Crippen LogP) is 2.13. The maximum Gasteiger partial charge on any atom is 0.254 e. The second-order valence-corrected chi connectivity index (χ2v) is 11.7. The van der Waals surface area contributed by atoms with Crippen molar-refractivity contribution in [3.05, 3.63) is 18.7 Å². The molecule has 1 fully saturated rings. The van der Waals surface area contributed by atoms with Gasteiger partial charge in [0.1, 0.15) is 12.4 Å². The van der Waals surface area contributed by atoms with E-state index in [0.29, 0.717) is 6.42 Å². The number of hydrogen-bond acceptors (Lipinski definition) is 3. The number of imidazole rings is 1. The maximum atomic E-state index is 12.4. The van der Waals surface area contributed by atoms with Crippen molar-refractivity contribution in [3.8, 4) is 0 Å². The van der Waals surface area contributed by atoms with Crippen LogP contribution in [0.15, 0.2) is 18.7 Å². The molecule has 0 radical (unpaired) electrons. The molecule has 1 aromatic rings. The Bertz CT molecular complexity index is 502. The Kier molecular flexibility index (Phi) is 3.16. The van der Waals surface area contributed by atoms with Gasteiger partial charge < -0.3 is 4.57 Å². The van der Waals surface area contributed by atoms with E-state index in [-0.39, 0.29) is 22.9 Å². The summed E-state index contributed by atoms with van der Waals surface area (Å²) in [4.78, 5) is 28.2. The number of aromatic nitrogens is 2. The topological polar surface area (TPSA) is 55.2 Å². The Hall–Kier alpha value is -1.43. The lowest BCUT2D eigenvalue weighted by molar-refractivity contribution is -0.137. The first-order valence-electron chi connectivity index (χ1n) is 6.50. The molecule has 104 valence electrons. The van der Waals surface area contributed by atoms with Gasteiger partial charge in [-0.3, -0.25) is 14.2 Å². The summed E-state index contributed by atoms with van der Waals surface area (Å²) in [7, 11) is -1.99. The second kappa shape index (κ2) is 4.30. The van der Waals surface area contributed by atoms with Crippen molar-refractivity contribution in [3.63, 3.8) is 0 Å². The van der Waals surface area contributed by atoms with E-state index in [0.717, 1.165) is 0 Å². The number of rotatable bonds is 2.